The van der Waals surface area contributed by atoms with E-state index < -0.39 is 16.1 Å². The number of carbonyl (C=O) groups is 2. The van der Waals surface area contributed by atoms with Gasteiger partial charge in [-0.1, -0.05) is 12.5 Å². The summed E-state index contributed by atoms with van der Waals surface area (Å²) in [5.74, 6) is -0.158. The number of pyridine rings is 1. The van der Waals surface area contributed by atoms with Crippen molar-refractivity contribution in [3.63, 3.8) is 0 Å². The van der Waals surface area contributed by atoms with E-state index in [1.165, 1.54) is 4.31 Å². The summed E-state index contributed by atoms with van der Waals surface area (Å²) < 4.78 is 25.5. The number of carbonyl (C=O) groups excluding carboxylic acids is 2. The van der Waals surface area contributed by atoms with Gasteiger partial charge in [0.25, 0.3) is 0 Å². The van der Waals surface area contributed by atoms with Crippen molar-refractivity contribution in [2.24, 2.45) is 5.92 Å². The molecule has 28 heavy (non-hydrogen) atoms. The van der Waals surface area contributed by atoms with Crippen LogP contribution in [0.1, 0.15) is 37.8 Å². The fraction of sp³-hybridized carbons (Fsp3) is 0.632. The monoisotopic (exact) mass is 408 g/mol. The Morgan fingerprint density at radius 1 is 1.14 bits per heavy atom. The van der Waals surface area contributed by atoms with Gasteiger partial charge in [0.15, 0.2) is 0 Å². The Morgan fingerprint density at radius 3 is 2.64 bits per heavy atom. The number of rotatable bonds is 4. The molecule has 0 spiro atoms. The van der Waals surface area contributed by atoms with E-state index in [1.807, 2.05) is 19.1 Å². The van der Waals surface area contributed by atoms with Gasteiger partial charge in [0.2, 0.25) is 21.8 Å². The highest BCUT2D eigenvalue weighted by molar-refractivity contribution is 7.88. The highest BCUT2D eigenvalue weighted by atomic mass is 32.2. The van der Waals surface area contributed by atoms with Crippen LogP contribution in [0.15, 0.2) is 18.2 Å². The van der Waals surface area contributed by atoms with Crippen molar-refractivity contribution in [2.45, 2.75) is 45.1 Å². The van der Waals surface area contributed by atoms with Crippen molar-refractivity contribution in [3.8, 4) is 0 Å². The molecule has 2 fully saturated rings. The average Bonchev–Trinajstić information content (AvgIpc) is 2.67. The van der Waals surface area contributed by atoms with Crippen LogP contribution in [0.5, 0.6) is 0 Å². The van der Waals surface area contributed by atoms with E-state index in [0.717, 1.165) is 31.2 Å². The van der Waals surface area contributed by atoms with Crippen molar-refractivity contribution in [1.29, 1.82) is 0 Å². The molecule has 0 radical (unpaired) electrons. The molecule has 1 aromatic rings. The number of nitrogens with zero attached hydrogens (tertiary/aromatic N) is 3. The van der Waals surface area contributed by atoms with Gasteiger partial charge in [-0.15, -0.1) is 0 Å². The van der Waals surface area contributed by atoms with E-state index in [-0.39, 0.29) is 17.7 Å². The predicted molar refractivity (Wildman–Crippen MR) is 106 cm³/mol. The minimum absolute atomic E-state index is 0.154. The molecule has 2 aliphatic rings. The summed E-state index contributed by atoms with van der Waals surface area (Å²) in [6.45, 7) is 3.10. The molecule has 0 saturated carbocycles. The summed E-state index contributed by atoms with van der Waals surface area (Å²) in [6, 6.07) is 4.78. The van der Waals surface area contributed by atoms with Crippen LogP contribution in [0.3, 0.4) is 0 Å². The number of amides is 2. The zero-order valence-electron chi connectivity index (χ0n) is 16.4. The number of hydrogen-bond donors (Lipinski definition) is 1. The van der Waals surface area contributed by atoms with E-state index >= 15 is 0 Å². The Morgan fingerprint density at radius 2 is 1.93 bits per heavy atom. The highest BCUT2D eigenvalue weighted by Crippen LogP contribution is 2.25. The molecule has 2 unspecified atom stereocenters. The molecule has 9 heteroatoms. The molecule has 1 N–H and O–H groups in total. The second-order valence-electron chi connectivity index (χ2n) is 7.66. The van der Waals surface area contributed by atoms with Gasteiger partial charge in [0, 0.05) is 25.3 Å². The van der Waals surface area contributed by atoms with Crippen LogP contribution in [-0.2, 0) is 19.6 Å². The smallest absolute Gasteiger partial charge is 0.241 e. The minimum Gasteiger partial charge on any atom is -0.341 e. The maximum atomic E-state index is 13.1. The molecular formula is C19H28N4O4S. The van der Waals surface area contributed by atoms with Gasteiger partial charge in [-0.05, 0) is 44.7 Å². The van der Waals surface area contributed by atoms with Crippen LogP contribution in [0.25, 0.3) is 0 Å². The third-order valence-corrected chi connectivity index (χ3v) is 6.70. The Bertz CT molecular complexity index is 842. The van der Waals surface area contributed by atoms with Gasteiger partial charge >= 0.3 is 0 Å². The number of nitrogens with one attached hydrogen (secondary N) is 1. The molecule has 0 bridgehead atoms. The highest BCUT2D eigenvalue weighted by Gasteiger charge is 2.38. The quantitative estimate of drug-likeness (QED) is 0.811. The van der Waals surface area contributed by atoms with Crippen LogP contribution in [-0.4, -0.2) is 66.4 Å². The lowest BCUT2D eigenvalue weighted by Crippen LogP contribution is -2.55. The number of aromatic nitrogens is 1. The largest absolute Gasteiger partial charge is 0.341 e. The zero-order chi connectivity index (χ0) is 20.3. The topological polar surface area (TPSA) is 99.7 Å². The van der Waals surface area contributed by atoms with E-state index in [9.17, 15) is 18.0 Å². The first kappa shape index (κ1) is 20.7. The lowest BCUT2D eigenvalue weighted by atomic mass is 9.95. The van der Waals surface area contributed by atoms with Gasteiger partial charge in [0.1, 0.15) is 11.9 Å². The molecule has 3 rings (SSSR count). The van der Waals surface area contributed by atoms with Crippen LogP contribution in [0.4, 0.5) is 5.82 Å². The van der Waals surface area contributed by atoms with Crippen molar-refractivity contribution < 1.29 is 18.0 Å². The summed E-state index contributed by atoms with van der Waals surface area (Å²) in [7, 11) is -3.44. The maximum absolute atomic E-state index is 13.1. The van der Waals surface area contributed by atoms with Crippen molar-refractivity contribution in [3.05, 3.63) is 23.9 Å². The third kappa shape index (κ3) is 4.88. The van der Waals surface area contributed by atoms with Gasteiger partial charge < -0.3 is 10.2 Å². The predicted octanol–water partition coefficient (Wildman–Crippen LogP) is 1.38. The Kier molecular flexibility index (Phi) is 6.34. The molecule has 2 amide bonds. The van der Waals surface area contributed by atoms with Gasteiger partial charge in [-0.25, -0.2) is 13.4 Å². The molecule has 2 saturated heterocycles. The maximum Gasteiger partial charge on any atom is 0.241 e. The summed E-state index contributed by atoms with van der Waals surface area (Å²) >= 11 is 0. The standard InChI is InChI=1S/C19H28N4O4S/c1-14-7-5-10-17(20-14)21-18(24)15-8-6-11-22(13-15)19(25)16-9-3-4-12-23(16)28(2,26)27/h5,7,10,15-16H,3-4,6,8-9,11-13H2,1-2H3,(H,20,21,24). The fourth-order valence-electron chi connectivity index (χ4n) is 3.99. The molecule has 8 nitrogen and oxygen atoms in total. The third-order valence-electron chi connectivity index (χ3n) is 5.41. The van der Waals surface area contributed by atoms with E-state index in [0.29, 0.717) is 38.3 Å². The second kappa shape index (κ2) is 8.57. The molecule has 3 heterocycles. The SMILES string of the molecule is Cc1cccc(NC(=O)C2CCCN(C(=O)C3CCCCN3S(C)(=O)=O)C2)n1. The van der Waals surface area contributed by atoms with Crippen LogP contribution in [0.2, 0.25) is 0 Å². The van der Waals surface area contributed by atoms with Crippen molar-refractivity contribution >= 4 is 27.7 Å². The lowest BCUT2D eigenvalue weighted by Gasteiger charge is -2.39. The van der Waals surface area contributed by atoms with Gasteiger partial charge in [-0.3, -0.25) is 9.59 Å². The Balaban J connectivity index is 1.66. The van der Waals surface area contributed by atoms with Crippen LogP contribution in [0, 0.1) is 12.8 Å². The number of sulfonamides is 1. The Hall–Kier alpha value is -2.00. The Labute approximate surface area is 166 Å². The molecule has 2 aliphatic heterocycles. The zero-order valence-corrected chi connectivity index (χ0v) is 17.2. The number of hydrogen-bond acceptors (Lipinski definition) is 5. The minimum atomic E-state index is -3.44. The number of likely N-dealkylation sites (tertiary alicyclic amines) is 1. The average molecular weight is 409 g/mol. The normalized spacial score (nSPS) is 24.0. The summed E-state index contributed by atoms with van der Waals surface area (Å²) in [6.07, 6.45) is 4.70. The summed E-state index contributed by atoms with van der Waals surface area (Å²) in [4.78, 5) is 31.7. The van der Waals surface area contributed by atoms with Crippen LogP contribution < -0.4 is 5.32 Å². The summed E-state index contributed by atoms with van der Waals surface area (Å²) in [5, 5.41) is 2.83. The van der Waals surface area contributed by atoms with Crippen molar-refractivity contribution in [2.75, 3.05) is 31.2 Å². The van der Waals surface area contributed by atoms with Crippen molar-refractivity contribution in [1.82, 2.24) is 14.2 Å². The van der Waals surface area contributed by atoms with Gasteiger partial charge in [0.05, 0.1) is 12.2 Å². The fourth-order valence-corrected chi connectivity index (χ4v) is 5.11. The first-order valence-corrected chi connectivity index (χ1v) is 11.6. The van der Waals surface area contributed by atoms with Gasteiger partial charge in [-0.2, -0.15) is 4.31 Å². The van der Waals surface area contributed by atoms with E-state index in [2.05, 4.69) is 10.3 Å². The second-order valence-corrected chi connectivity index (χ2v) is 9.60. The molecule has 2 atom stereocenters. The van der Waals surface area contributed by atoms with E-state index in [4.69, 9.17) is 0 Å². The molecule has 154 valence electrons. The summed E-state index contributed by atoms with van der Waals surface area (Å²) in [5.41, 5.74) is 0.816. The first-order chi connectivity index (χ1) is 13.3. The molecule has 0 aromatic carbocycles. The number of anilines is 1. The molecular weight excluding hydrogens is 380 g/mol. The van der Waals surface area contributed by atoms with Crippen LogP contribution >= 0.6 is 0 Å². The van der Waals surface area contributed by atoms with E-state index in [1.54, 1.807) is 11.0 Å². The number of aryl methyl sites for hydroxylation is 1. The number of piperidine rings is 2. The first-order valence-electron chi connectivity index (χ1n) is 9.76. The lowest BCUT2D eigenvalue weighted by molar-refractivity contribution is -0.139. The molecule has 1 aromatic heterocycles. The molecule has 0 aliphatic carbocycles.